The Bertz CT molecular complexity index is 609. The molecule has 1 aliphatic rings. The smallest absolute Gasteiger partial charge is 0.240 e. The summed E-state index contributed by atoms with van der Waals surface area (Å²) in [6.07, 6.45) is 4.73. The third-order valence-electron chi connectivity index (χ3n) is 3.96. The van der Waals surface area contributed by atoms with Gasteiger partial charge in [-0.15, -0.1) is 11.3 Å². The van der Waals surface area contributed by atoms with Gasteiger partial charge in [0.25, 0.3) is 0 Å². The Morgan fingerprint density at radius 2 is 2.25 bits per heavy atom. The lowest BCUT2D eigenvalue weighted by molar-refractivity contribution is 0.602. The van der Waals surface area contributed by atoms with E-state index >= 15 is 0 Å². The van der Waals surface area contributed by atoms with E-state index in [1.165, 1.54) is 24.1 Å². The topological polar surface area (TPSA) is 75.9 Å². The molecule has 1 fully saturated rings. The number of aryl methyl sites for hydroxylation is 1. The molecule has 2 unspecified atom stereocenters. The van der Waals surface area contributed by atoms with Crippen molar-refractivity contribution in [3.63, 3.8) is 0 Å². The molecule has 2 aromatic heterocycles. The molecular formula is C14H21N5S. The van der Waals surface area contributed by atoms with Crippen LogP contribution < -0.4 is 16.6 Å². The lowest BCUT2D eigenvalue weighted by atomic mass is 10.1. The zero-order valence-electron chi connectivity index (χ0n) is 11.9. The molecule has 0 saturated heterocycles. The standard InChI is InChI=1S/C14H21N5S/c1-3-10-7-11-12(16-9-5-4-8(2)6-9)17-14(19-15)18-13(11)20-10/h7-9H,3-6,15H2,1-2H3,(H2,16,17,18,19). The van der Waals surface area contributed by atoms with Gasteiger partial charge in [0.05, 0.1) is 5.39 Å². The van der Waals surface area contributed by atoms with Crippen molar-refractivity contribution in [1.82, 2.24) is 9.97 Å². The lowest BCUT2D eigenvalue weighted by Gasteiger charge is -2.14. The van der Waals surface area contributed by atoms with Gasteiger partial charge < -0.3 is 5.32 Å². The fourth-order valence-corrected chi connectivity index (χ4v) is 3.82. The van der Waals surface area contributed by atoms with E-state index in [0.717, 1.165) is 28.4 Å². The predicted octanol–water partition coefficient (Wildman–Crippen LogP) is 3.14. The van der Waals surface area contributed by atoms with Gasteiger partial charge in [-0.1, -0.05) is 13.8 Å². The molecule has 20 heavy (non-hydrogen) atoms. The molecule has 5 nitrogen and oxygen atoms in total. The number of rotatable bonds is 4. The van der Waals surface area contributed by atoms with Crippen molar-refractivity contribution in [2.75, 3.05) is 10.7 Å². The molecule has 3 rings (SSSR count). The van der Waals surface area contributed by atoms with E-state index in [1.54, 1.807) is 11.3 Å². The third-order valence-corrected chi connectivity index (χ3v) is 5.13. The number of anilines is 2. The maximum absolute atomic E-state index is 5.48. The summed E-state index contributed by atoms with van der Waals surface area (Å²) in [5.41, 5.74) is 2.56. The molecule has 2 heterocycles. The normalized spacial score (nSPS) is 22.4. The molecule has 6 heteroatoms. The zero-order valence-corrected chi connectivity index (χ0v) is 12.8. The van der Waals surface area contributed by atoms with Gasteiger partial charge in [-0.3, -0.25) is 5.43 Å². The number of nitrogens with two attached hydrogens (primary N) is 1. The highest BCUT2D eigenvalue weighted by atomic mass is 32.1. The van der Waals surface area contributed by atoms with Crippen LogP contribution in [0.4, 0.5) is 11.8 Å². The van der Waals surface area contributed by atoms with Crippen molar-refractivity contribution < 1.29 is 0 Å². The number of hydrogen-bond donors (Lipinski definition) is 3. The number of hydrogen-bond acceptors (Lipinski definition) is 6. The summed E-state index contributed by atoms with van der Waals surface area (Å²) in [5, 5.41) is 4.70. The van der Waals surface area contributed by atoms with Gasteiger partial charge in [0.1, 0.15) is 10.6 Å². The lowest BCUT2D eigenvalue weighted by Crippen LogP contribution is -2.18. The van der Waals surface area contributed by atoms with Crippen LogP contribution in [-0.2, 0) is 6.42 Å². The highest BCUT2D eigenvalue weighted by Gasteiger charge is 2.22. The molecule has 2 aromatic rings. The molecule has 0 bridgehead atoms. The minimum absolute atomic E-state index is 0.482. The van der Waals surface area contributed by atoms with Crippen LogP contribution in [0.1, 0.15) is 38.0 Å². The molecule has 0 aliphatic heterocycles. The molecule has 0 radical (unpaired) electrons. The van der Waals surface area contributed by atoms with Crippen molar-refractivity contribution in [3.8, 4) is 0 Å². The van der Waals surface area contributed by atoms with E-state index in [1.807, 2.05) is 0 Å². The van der Waals surface area contributed by atoms with Crippen LogP contribution in [-0.4, -0.2) is 16.0 Å². The molecular weight excluding hydrogens is 270 g/mol. The minimum atomic E-state index is 0.482. The molecule has 1 saturated carbocycles. The Labute approximate surface area is 123 Å². The Hall–Kier alpha value is -1.40. The van der Waals surface area contributed by atoms with Gasteiger partial charge >= 0.3 is 0 Å². The third kappa shape index (κ3) is 2.58. The van der Waals surface area contributed by atoms with E-state index in [9.17, 15) is 0 Å². The highest BCUT2D eigenvalue weighted by Crippen LogP contribution is 2.33. The minimum Gasteiger partial charge on any atom is -0.367 e. The Kier molecular flexibility index (Phi) is 3.76. The van der Waals surface area contributed by atoms with Crippen LogP contribution in [0, 0.1) is 5.92 Å². The van der Waals surface area contributed by atoms with Crippen LogP contribution in [0.5, 0.6) is 0 Å². The van der Waals surface area contributed by atoms with Gasteiger partial charge in [0.2, 0.25) is 5.95 Å². The Balaban J connectivity index is 1.96. The molecule has 0 aromatic carbocycles. The van der Waals surface area contributed by atoms with E-state index < -0.39 is 0 Å². The summed E-state index contributed by atoms with van der Waals surface area (Å²) >= 11 is 1.71. The van der Waals surface area contributed by atoms with E-state index in [2.05, 4.69) is 40.6 Å². The number of aromatic nitrogens is 2. The first kappa shape index (κ1) is 13.6. The Morgan fingerprint density at radius 1 is 1.40 bits per heavy atom. The first-order valence-corrected chi connectivity index (χ1v) is 8.04. The second-order valence-electron chi connectivity index (χ2n) is 5.58. The van der Waals surface area contributed by atoms with Crippen LogP contribution in [0.3, 0.4) is 0 Å². The van der Waals surface area contributed by atoms with E-state index in [0.29, 0.717) is 12.0 Å². The molecule has 4 N–H and O–H groups in total. The van der Waals surface area contributed by atoms with Crippen molar-refractivity contribution in [1.29, 1.82) is 0 Å². The molecule has 0 spiro atoms. The predicted molar refractivity (Wildman–Crippen MR) is 85.0 cm³/mol. The van der Waals surface area contributed by atoms with Gasteiger partial charge in [0.15, 0.2) is 0 Å². The average Bonchev–Trinajstić information content (AvgIpc) is 3.04. The maximum Gasteiger partial charge on any atom is 0.240 e. The fraction of sp³-hybridized carbons (Fsp3) is 0.571. The number of nitrogens with one attached hydrogen (secondary N) is 2. The Morgan fingerprint density at radius 3 is 2.90 bits per heavy atom. The van der Waals surface area contributed by atoms with Crippen molar-refractivity contribution in [3.05, 3.63) is 10.9 Å². The summed E-state index contributed by atoms with van der Waals surface area (Å²) < 4.78 is 0. The monoisotopic (exact) mass is 291 g/mol. The number of nitrogens with zero attached hydrogens (tertiary/aromatic N) is 2. The molecule has 0 amide bonds. The number of nitrogen functional groups attached to an aromatic ring is 1. The van der Waals surface area contributed by atoms with Gasteiger partial charge in [-0.05, 0) is 37.7 Å². The summed E-state index contributed by atoms with van der Waals surface area (Å²) in [5.74, 6) is 7.67. The first-order valence-electron chi connectivity index (χ1n) is 7.23. The summed E-state index contributed by atoms with van der Waals surface area (Å²) in [6.45, 7) is 4.47. The number of hydrazine groups is 1. The maximum atomic E-state index is 5.48. The highest BCUT2D eigenvalue weighted by molar-refractivity contribution is 7.18. The quantitative estimate of drug-likeness (QED) is 0.596. The van der Waals surface area contributed by atoms with Gasteiger partial charge in [-0.2, -0.15) is 4.98 Å². The number of thiophene rings is 1. The molecule has 108 valence electrons. The van der Waals surface area contributed by atoms with Crippen LogP contribution in [0.2, 0.25) is 0 Å². The molecule has 1 aliphatic carbocycles. The largest absolute Gasteiger partial charge is 0.367 e. The summed E-state index contributed by atoms with van der Waals surface area (Å²) in [7, 11) is 0. The van der Waals surface area contributed by atoms with Gasteiger partial charge in [0, 0.05) is 10.9 Å². The van der Waals surface area contributed by atoms with Crippen molar-refractivity contribution >= 4 is 33.3 Å². The summed E-state index contributed by atoms with van der Waals surface area (Å²) in [6, 6.07) is 2.71. The van der Waals surface area contributed by atoms with Crippen LogP contribution in [0.25, 0.3) is 10.2 Å². The van der Waals surface area contributed by atoms with Crippen LogP contribution in [0.15, 0.2) is 6.07 Å². The van der Waals surface area contributed by atoms with Crippen molar-refractivity contribution in [2.24, 2.45) is 11.8 Å². The summed E-state index contributed by atoms with van der Waals surface area (Å²) in [4.78, 5) is 11.3. The van der Waals surface area contributed by atoms with Crippen molar-refractivity contribution in [2.45, 2.75) is 45.6 Å². The average molecular weight is 291 g/mol. The van der Waals surface area contributed by atoms with E-state index in [-0.39, 0.29) is 0 Å². The second kappa shape index (κ2) is 5.54. The zero-order chi connectivity index (χ0) is 14.1. The fourth-order valence-electron chi connectivity index (χ4n) is 2.85. The van der Waals surface area contributed by atoms with Gasteiger partial charge in [-0.25, -0.2) is 10.8 Å². The van der Waals surface area contributed by atoms with Crippen LogP contribution >= 0.6 is 11.3 Å². The number of fused-ring (bicyclic) bond motifs is 1. The SMILES string of the molecule is CCc1cc2c(NC3CCC(C)C3)nc(NN)nc2s1. The molecule has 2 atom stereocenters. The van der Waals surface area contributed by atoms with E-state index in [4.69, 9.17) is 5.84 Å². The second-order valence-corrected chi connectivity index (χ2v) is 6.70. The first-order chi connectivity index (χ1) is 9.69.